The second-order valence-electron chi connectivity index (χ2n) is 7.26. The molecule has 0 heterocycles. The van der Waals surface area contributed by atoms with Gasteiger partial charge in [0.1, 0.15) is 6.04 Å². The summed E-state index contributed by atoms with van der Waals surface area (Å²) < 4.78 is 5.34. The first kappa shape index (κ1) is 22.6. The van der Waals surface area contributed by atoms with Crippen molar-refractivity contribution in [2.75, 3.05) is 19.8 Å². The molecule has 0 saturated carbocycles. The number of carbonyl (C=O) groups excluding carboxylic acids is 2. The summed E-state index contributed by atoms with van der Waals surface area (Å²) in [7, 11) is 0. The van der Waals surface area contributed by atoms with Crippen molar-refractivity contribution in [3.05, 3.63) is 71.8 Å². The molecule has 0 saturated heterocycles. The molecule has 0 aromatic heterocycles. The molecule has 5 heteroatoms. The Hall–Kier alpha value is -2.66. The van der Waals surface area contributed by atoms with Gasteiger partial charge < -0.3 is 15.0 Å². The number of nitrogens with one attached hydrogen (secondary N) is 1. The van der Waals surface area contributed by atoms with E-state index in [9.17, 15) is 9.59 Å². The maximum atomic E-state index is 13.2. The van der Waals surface area contributed by atoms with Crippen LogP contribution in [0.15, 0.2) is 60.7 Å². The van der Waals surface area contributed by atoms with Gasteiger partial charge in [-0.15, -0.1) is 0 Å². The van der Waals surface area contributed by atoms with Crippen molar-refractivity contribution < 1.29 is 14.3 Å². The summed E-state index contributed by atoms with van der Waals surface area (Å²) in [5, 5.41) is 2.99. The van der Waals surface area contributed by atoms with E-state index in [2.05, 4.69) is 5.32 Å². The highest BCUT2D eigenvalue weighted by Crippen LogP contribution is 2.25. The van der Waals surface area contributed by atoms with Crippen LogP contribution in [0.1, 0.15) is 44.4 Å². The lowest BCUT2D eigenvalue weighted by Crippen LogP contribution is -2.45. The summed E-state index contributed by atoms with van der Waals surface area (Å²) in [6.45, 7) is 7.83. The summed E-state index contributed by atoms with van der Waals surface area (Å²) in [5.41, 5.74) is 1.80. The number of rotatable bonds is 11. The normalized spacial score (nSPS) is 11.9. The summed E-state index contributed by atoms with van der Waals surface area (Å²) in [5.74, 6) is -0.430. The molecule has 0 bridgehead atoms. The zero-order valence-electron chi connectivity index (χ0n) is 17.6. The highest BCUT2D eigenvalue weighted by Gasteiger charge is 2.32. The van der Waals surface area contributed by atoms with E-state index in [4.69, 9.17) is 4.74 Å². The van der Waals surface area contributed by atoms with E-state index in [1.807, 2.05) is 81.4 Å². The van der Waals surface area contributed by atoms with E-state index in [0.717, 1.165) is 17.5 Å². The predicted octanol–water partition coefficient (Wildman–Crippen LogP) is 3.96. The maximum absolute atomic E-state index is 13.2. The molecule has 0 spiro atoms. The zero-order valence-corrected chi connectivity index (χ0v) is 17.6. The second kappa shape index (κ2) is 12.0. The number of hydrogen-bond acceptors (Lipinski definition) is 3. The van der Waals surface area contributed by atoms with Crippen LogP contribution in [0.25, 0.3) is 0 Å². The first-order valence-electron chi connectivity index (χ1n) is 10.3. The molecule has 1 unspecified atom stereocenters. The molecule has 0 radical (unpaired) electrons. The van der Waals surface area contributed by atoms with Gasteiger partial charge in [-0.3, -0.25) is 9.59 Å². The third kappa shape index (κ3) is 7.02. The molecule has 2 aromatic rings. The Morgan fingerprint density at radius 1 is 1.00 bits per heavy atom. The molecule has 156 valence electrons. The van der Waals surface area contributed by atoms with Crippen LogP contribution in [0.5, 0.6) is 0 Å². The van der Waals surface area contributed by atoms with E-state index in [-0.39, 0.29) is 17.7 Å². The number of carbonyl (C=O) groups is 2. The van der Waals surface area contributed by atoms with Crippen molar-refractivity contribution >= 4 is 11.8 Å². The van der Waals surface area contributed by atoms with Crippen molar-refractivity contribution in [3.8, 4) is 0 Å². The van der Waals surface area contributed by atoms with E-state index >= 15 is 0 Å². The Balaban J connectivity index is 2.28. The van der Waals surface area contributed by atoms with Crippen LogP contribution < -0.4 is 5.32 Å². The molecule has 0 fully saturated rings. The number of nitrogens with zero attached hydrogens (tertiary/aromatic N) is 1. The lowest BCUT2D eigenvalue weighted by molar-refractivity contribution is -0.144. The Morgan fingerprint density at radius 3 is 2.21 bits per heavy atom. The second-order valence-corrected chi connectivity index (χ2v) is 7.26. The fourth-order valence-electron chi connectivity index (χ4n) is 3.14. The van der Waals surface area contributed by atoms with Crippen LogP contribution in [-0.4, -0.2) is 36.5 Å². The van der Waals surface area contributed by atoms with Gasteiger partial charge in [0.15, 0.2) is 0 Å². The summed E-state index contributed by atoms with van der Waals surface area (Å²) in [4.78, 5) is 28.0. The van der Waals surface area contributed by atoms with Crippen LogP contribution in [0.3, 0.4) is 0 Å². The van der Waals surface area contributed by atoms with Crippen molar-refractivity contribution in [1.82, 2.24) is 10.2 Å². The molecule has 0 aliphatic rings. The van der Waals surface area contributed by atoms with Crippen LogP contribution in [0.2, 0.25) is 0 Å². The number of hydrogen-bond donors (Lipinski definition) is 1. The van der Waals surface area contributed by atoms with Gasteiger partial charge in [-0.2, -0.15) is 0 Å². The smallest absolute Gasteiger partial charge is 0.247 e. The van der Waals surface area contributed by atoms with Gasteiger partial charge in [-0.25, -0.2) is 0 Å². The first-order valence-corrected chi connectivity index (χ1v) is 10.3. The van der Waals surface area contributed by atoms with Crippen LogP contribution in [-0.2, 0) is 20.9 Å². The van der Waals surface area contributed by atoms with E-state index in [1.54, 1.807) is 4.90 Å². The Labute approximate surface area is 174 Å². The number of benzene rings is 2. The molecule has 0 aliphatic carbocycles. The quantitative estimate of drug-likeness (QED) is 0.585. The molecule has 5 nitrogen and oxygen atoms in total. The minimum Gasteiger partial charge on any atom is -0.382 e. The summed E-state index contributed by atoms with van der Waals surface area (Å²) >= 11 is 0. The van der Waals surface area contributed by atoms with Crippen LogP contribution in [0, 0.1) is 5.92 Å². The predicted molar refractivity (Wildman–Crippen MR) is 115 cm³/mol. The third-order valence-corrected chi connectivity index (χ3v) is 4.62. The fourth-order valence-corrected chi connectivity index (χ4v) is 3.14. The van der Waals surface area contributed by atoms with Gasteiger partial charge in [0.05, 0.1) is 0 Å². The van der Waals surface area contributed by atoms with Gasteiger partial charge in [0, 0.05) is 32.2 Å². The monoisotopic (exact) mass is 396 g/mol. The van der Waals surface area contributed by atoms with Crippen molar-refractivity contribution in [2.45, 2.75) is 39.8 Å². The van der Waals surface area contributed by atoms with Crippen molar-refractivity contribution in [3.63, 3.8) is 0 Å². The molecule has 2 aromatic carbocycles. The SMILES string of the molecule is CCOCCCNC(=O)C(c1ccccc1)N(Cc1ccccc1)C(=O)C(C)C. The van der Waals surface area contributed by atoms with Gasteiger partial charge in [-0.05, 0) is 24.5 Å². The van der Waals surface area contributed by atoms with Crippen LogP contribution >= 0.6 is 0 Å². The Morgan fingerprint density at radius 2 is 1.62 bits per heavy atom. The lowest BCUT2D eigenvalue weighted by atomic mass is 10.0. The standard InChI is InChI=1S/C24H32N2O3/c1-4-29-17-11-16-25-23(27)22(21-14-9-6-10-15-21)26(24(28)19(2)3)18-20-12-7-5-8-13-20/h5-10,12-15,19,22H,4,11,16-18H2,1-3H3,(H,25,27). The molecular weight excluding hydrogens is 364 g/mol. The Kier molecular flexibility index (Phi) is 9.38. The minimum absolute atomic E-state index is 0.0489. The average Bonchev–Trinajstić information content (AvgIpc) is 2.74. The maximum Gasteiger partial charge on any atom is 0.247 e. The minimum atomic E-state index is -0.682. The van der Waals surface area contributed by atoms with Gasteiger partial charge >= 0.3 is 0 Å². The number of amides is 2. The molecule has 29 heavy (non-hydrogen) atoms. The van der Waals surface area contributed by atoms with Gasteiger partial charge in [0.25, 0.3) is 0 Å². The third-order valence-electron chi connectivity index (χ3n) is 4.62. The fraction of sp³-hybridized carbons (Fsp3) is 0.417. The average molecular weight is 397 g/mol. The van der Waals surface area contributed by atoms with Crippen LogP contribution in [0.4, 0.5) is 0 Å². The molecule has 0 aliphatic heterocycles. The van der Waals surface area contributed by atoms with E-state index in [1.165, 1.54) is 0 Å². The molecule has 1 atom stereocenters. The molecule has 2 rings (SSSR count). The molecule has 2 amide bonds. The van der Waals surface area contributed by atoms with Gasteiger partial charge in [0.2, 0.25) is 11.8 Å². The molecular formula is C24H32N2O3. The Bertz CT molecular complexity index is 747. The van der Waals surface area contributed by atoms with Gasteiger partial charge in [-0.1, -0.05) is 74.5 Å². The largest absolute Gasteiger partial charge is 0.382 e. The van der Waals surface area contributed by atoms with E-state index in [0.29, 0.717) is 26.3 Å². The highest BCUT2D eigenvalue weighted by molar-refractivity contribution is 5.89. The zero-order chi connectivity index (χ0) is 21.1. The van der Waals surface area contributed by atoms with Crippen molar-refractivity contribution in [2.24, 2.45) is 5.92 Å². The molecule has 1 N–H and O–H groups in total. The lowest BCUT2D eigenvalue weighted by Gasteiger charge is -2.33. The summed E-state index contributed by atoms with van der Waals surface area (Å²) in [6.07, 6.45) is 0.734. The topological polar surface area (TPSA) is 58.6 Å². The number of ether oxygens (including phenoxy) is 1. The highest BCUT2D eigenvalue weighted by atomic mass is 16.5. The van der Waals surface area contributed by atoms with E-state index < -0.39 is 6.04 Å². The van der Waals surface area contributed by atoms with Crippen molar-refractivity contribution in [1.29, 1.82) is 0 Å². The summed E-state index contributed by atoms with van der Waals surface area (Å²) in [6, 6.07) is 18.6. The first-order chi connectivity index (χ1) is 14.0.